The predicted octanol–water partition coefficient (Wildman–Crippen LogP) is 12.3. The van der Waals surface area contributed by atoms with E-state index in [1.165, 1.54) is 59.0 Å². The summed E-state index contributed by atoms with van der Waals surface area (Å²) < 4.78 is 115. The van der Waals surface area contributed by atoms with Crippen LogP contribution in [0.2, 0.25) is 0 Å². The van der Waals surface area contributed by atoms with E-state index in [0.717, 1.165) is 91.0 Å². The van der Waals surface area contributed by atoms with Crippen molar-refractivity contribution in [1.82, 2.24) is 35.0 Å². The number of phenolic OH excluding ortho intramolecular Hbond substituents is 2. The number of aromatic nitrogens is 6. The van der Waals surface area contributed by atoms with Gasteiger partial charge in [-0.15, -0.1) is 61.7 Å². The van der Waals surface area contributed by atoms with Gasteiger partial charge < -0.3 is 68.7 Å². The summed E-state index contributed by atoms with van der Waals surface area (Å²) in [5.41, 5.74) is 17.5. The van der Waals surface area contributed by atoms with Crippen molar-refractivity contribution in [2.45, 2.75) is 101 Å². The molecular formula is C80H78Cl5F9K2N12O14S3. The van der Waals surface area contributed by atoms with Crippen LogP contribution in [0.15, 0.2) is 169 Å². The molecule has 0 aliphatic heterocycles. The number of hydrogen-bond acceptors (Lipinski definition) is 20. The molecule has 0 radical (unpaired) electrons. The van der Waals surface area contributed by atoms with E-state index in [0.29, 0.717) is 56.3 Å². The molecule has 0 unspecified atom stereocenters. The number of carbonyl (C=O) groups is 8. The Labute approximate surface area is 834 Å². The van der Waals surface area contributed by atoms with Gasteiger partial charge in [0.05, 0.1) is 33.9 Å². The summed E-state index contributed by atoms with van der Waals surface area (Å²) in [6.07, 6.45) is -7.45. The molecular weight excluding hydrogens is 1880 g/mol. The number of thiocarbonyl (C=S) groups is 1. The van der Waals surface area contributed by atoms with E-state index in [2.05, 4.69) is 77.0 Å². The normalized spacial score (nSPS) is 11.9. The number of fused-ring (bicyclic) bond motifs is 3. The van der Waals surface area contributed by atoms with Crippen LogP contribution in [0.4, 0.5) is 62.3 Å². The number of aromatic amines is 1. The Morgan fingerprint density at radius 2 is 0.976 bits per heavy atom. The third kappa shape index (κ3) is 36.3. The minimum absolute atomic E-state index is 0. The van der Waals surface area contributed by atoms with Crippen LogP contribution < -0.4 is 141 Å². The van der Waals surface area contributed by atoms with Crippen molar-refractivity contribution in [2.24, 2.45) is 5.84 Å². The average molecular weight is 1950 g/mol. The van der Waals surface area contributed by atoms with E-state index in [-0.39, 0.29) is 166 Å². The molecule has 3 aliphatic rings. The number of hydrazine groups is 1. The standard InChI is InChI=1S/C26H21F3N4O3S.C16H12F3N3S.C14H15N3S.C9H10ClNO2.C7H9NO.C2H2Cl2O.C2HF3O2.CH2Cl2.CH2O3.2CH2O.2K.H/c1-14-12-16(23(35)36)8-10-20(14)30-22(34)13-37-25-32-31-24(26(27,28)29)33(25)21-11-9-17(15-6-7-15)18-4-2-3-5-19(18)21;17-16(18,19)14-20-21-15(23)22(14)13-8-7-10(9-5-6-9)11-3-1-2-4-12(11)13;15-17-14(18)16-13-8-7-10(9-5-6-9)11-3-1-2-4-12(11)13;1-6-4-7(12)2-3-8(6)11-9(13)5-10;1-5-4-6(9)2-3-7(5)8;3-1-2(4)5;3-2(4,5)1(6)7;2-1-3;2-1-4-3;2*1-2;;;/h2-5,8-12,15H,6-7,13H2,1H3,(H,30,34)(H,35,36);1-4,7-9H,5-6H2,(H,21,23);1-4,7-9H,5-6,15H2,(H2,16,17,18);2-4,12H,5H2,1H3,(H,11,13);2-4,9H,8H2,1H3;1H2;(H,6,7);1H2;1,3H;2*1H2;;;/q;;;;;;;;;;;2*+1;-1/p-1. The number of carboxylic acids is 2. The summed E-state index contributed by atoms with van der Waals surface area (Å²) in [6, 6.07) is 48.5. The quantitative estimate of drug-likeness (QED) is 0.00369. The Morgan fingerprint density at radius 3 is 1.35 bits per heavy atom. The molecule has 14 rings (SSSR count). The summed E-state index contributed by atoms with van der Waals surface area (Å²) in [5, 5.41) is 69.6. The van der Waals surface area contributed by atoms with Crippen LogP contribution in [0.25, 0.3) is 43.7 Å². The van der Waals surface area contributed by atoms with Gasteiger partial charge in [-0.1, -0.05) is 103 Å². The molecule has 2 amide bonds. The number of carboxylic acid groups (broad SMARTS) is 2. The summed E-state index contributed by atoms with van der Waals surface area (Å²) in [5.74, 6) is 0.229. The van der Waals surface area contributed by atoms with E-state index >= 15 is 0 Å². The van der Waals surface area contributed by atoms with Crippen LogP contribution in [0, 0.1) is 25.5 Å². The number of nitrogen functional groups attached to an aromatic ring is 1. The molecule has 0 saturated heterocycles. The molecule has 3 saturated carbocycles. The maximum absolute atomic E-state index is 13.9. The molecule has 13 N–H and O–H groups in total. The first-order chi connectivity index (χ1) is 58.3. The van der Waals surface area contributed by atoms with Gasteiger partial charge in [0.1, 0.15) is 31.0 Å². The Morgan fingerprint density at radius 1 is 0.592 bits per heavy atom. The number of phenols is 2. The van der Waals surface area contributed by atoms with Gasteiger partial charge in [-0.2, -0.15) is 39.5 Å². The zero-order chi connectivity index (χ0) is 92.2. The number of H-pyrrole nitrogens is 1. The number of thioether (sulfide) groups is 1. The number of aromatic carboxylic acids is 1. The number of carbonyl (C=O) groups excluding carboxylic acids is 6. The van der Waals surface area contributed by atoms with Gasteiger partial charge in [0.15, 0.2) is 15.0 Å². The third-order valence-corrected chi connectivity index (χ3v) is 19.1. The van der Waals surface area contributed by atoms with E-state index in [9.17, 15) is 58.7 Å². The number of rotatable bonds is 15. The molecule has 11 aromatic rings. The first kappa shape index (κ1) is 113. The summed E-state index contributed by atoms with van der Waals surface area (Å²) >= 11 is 35.3. The zero-order valence-electron chi connectivity index (χ0n) is 67.7. The van der Waals surface area contributed by atoms with Crippen LogP contribution in [0.1, 0.15) is 113 Å². The van der Waals surface area contributed by atoms with Crippen molar-refractivity contribution in [3.8, 4) is 22.9 Å². The topological polar surface area (TPSA) is 414 Å². The van der Waals surface area contributed by atoms with Crippen LogP contribution >= 0.6 is 94.2 Å². The third-order valence-electron chi connectivity index (χ3n) is 16.9. The van der Waals surface area contributed by atoms with Crippen molar-refractivity contribution in [3.63, 3.8) is 0 Å². The largest absolute Gasteiger partial charge is 1.00 e. The van der Waals surface area contributed by atoms with Gasteiger partial charge in [0.25, 0.3) is 6.47 Å². The van der Waals surface area contributed by atoms with E-state index in [1.54, 1.807) is 68.4 Å². The number of nitrogens with two attached hydrogens (primary N) is 2. The molecule has 0 spiro atoms. The second-order valence-corrected chi connectivity index (χ2v) is 28.9. The van der Waals surface area contributed by atoms with Gasteiger partial charge in [0.2, 0.25) is 28.7 Å². The zero-order valence-corrected chi connectivity index (χ0v) is 79.1. The summed E-state index contributed by atoms with van der Waals surface area (Å²) in [6.45, 7) is 9.12. The minimum Gasteiger partial charge on any atom is -1.00 e. The molecule has 3 fully saturated rings. The summed E-state index contributed by atoms with van der Waals surface area (Å²) in [4.78, 5) is 80.2. The molecule has 2 aromatic heterocycles. The maximum atomic E-state index is 13.9. The van der Waals surface area contributed by atoms with Crippen LogP contribution in [-0.4, -0.2) is 133 Å². The fourth-order valence-electron chi connectivity index (χ4n) is 11.2. The smallest absolute Gasteiger partial charge is 1.00 e. The number of anilines is 4. The first-order valence-electron chi connectivity index (χ1n) is 35.3. The fraction of sp³-hybridized carbons (Fsp3) is 0.237. The van der Waals surface area contributed by atoms with Gasteiger partial charge in [-0.25, -0.2) is 15.4 Å². The molecule has 45 heteroatoms. The second kappa shape index (κ2) is 55.7. The number of aromatic hydroxyl groups is 2. The van der Waals surface area contributed by atoms with Crippen molar-refractivity contribution < 1.29 is 213 Å². The monoisotopic (exact) mass is 1950 g/mol. The minimum atomic E-state index is -5.08. The number of alkyl halides is 13. The second-order valence-electron chi connectivity index (χ2n) is 25.4. The van der Waals surface area contributed by atoms with Gasteiger partial charge >= 0.3 is 133 Å². The number of nitrogens with one attached hydrogen (secondary N) is 5. The molecule has 125 heavy (non-hydrogen) atoms. The molecule has 2 heterocycles. The SMILES string of the molecule is C=O.C=O.Cc1cc(C(=O)O)ccc1NC(=O)CSc1nnc(C(F)(F)F)n1-c1ccc(C2CC2)c2ccccc12.Cc1cc(O)ccc1N.Cc1cc(O)ccc1NC(=O)CCl.ClCCl.FC(F)(F)c1n[nH]c(=S)n1-c1ccc(C2CC2)c2ccccc12.NNC(=S)Nc1ccc(C2CC2)c2ccccc12.O=C(Cl)CCl.O=C(O)C(F)(F)F.O=CO[O-].[H-].[K+].[K+]. The molecule has 3 aliphatic carbocycles. The number of benzene rings is 9. The Balaban J connectivity index is 0.000000775. The van der Waals surface area contributed by atoms with E-state index in [1.807, 2.05) is 75.1 Å². The Kier molecular flexibility index (Phi) is 50.4. The number of aryl methyl sites for hydroxylation is 3. The number of hydrogen-bond donors (Lipinski definition) is 11. The molecule has 0 bridgehead atoms. The van der Waals surface area contributed by atoms with Crippen molar-refractivity contribution in [3.05, 3.63) is 219 Å². The van der Waals surface area contributed by atoms with Crippen molar-refractivity contribution in [2.75, 3.05) is 44.5 Å². The van der Waals surface area contributed by atoms with E-state index < -0.39 is 53.3 Å². The molecule has 660 valence electrons. The van der Waals surface area contributed by atoms with Gasteiger partial charge in [-0.05, 0) is 235 Å². The number of nitrogens with zero attached hydrogens (tertiary/aromatic N) is 5. The Bertz CT molecular complexity index is 5510. The first-order valence-corrected chi connectivity index (χ1v) is 39.6. The Hall–Kier alpha value is -7.93. The van der Waals surface area contributed by atoms with Gasteiger partial charge in [-0.3, -0.25) is 33.4 Å². The average Bonchev–Trinajstić information content (AvgIpc) is 1.56. The van der Waals surface area contributed by atoms with E-state index in [4.69, 9.17) is 139 Å². The van der Waals surface area contributed by atoms with Crippen LogP contribution in [-0.2, 0) is 50.8 Å². The molecule has 9 aromatic carbocycles. The van der Waals surface area contributed by atoms with Gasteiger partial charge in [0, 0.05) is 38.9 Å². The van der Waals surface area contributed by atoms with Crippen molar-refractivity contribution in [1.29, 1.82) is 0 Å². The maximum Gasteiger partial charge on any atom is 1.00 e. The predicted molar refractivity (Wildman–Crippen MR) is 460 cm³/mol. The summed E-state index contributed by atoms with van der Waals surface area (Å²) in [7, 11) is 0. The van der Waals surface area contributed by atoms with Crippen LogP contribution in [0.3, 0.4) is 0 Å². The molecule has 26 nitrogen and oxygen atoms in total. The number of aliphatic carboxylic acids is 1. The van der Waals surface area contributed by atoms with Crippen LogP contribution in [0.5, 0.6) is 11.5 Å². The number of halogens is 14. The fourth-order valence-corrected chi connectivity index (χ4v) is 12.4. The molecule has 0 atom stereocenters. The number of amides is 2. The van der Waals surface area contributed by atoms with Crippen molar-refractivity contribution >= 4 is 203 Å².